The lowest BCUT2D eigenvalue weighted by Crippen LogP contribution is -2.14. The molecule has 0 aliphatic carbocycles. The standard InChI is InChI=1S/C17H20ClNO3S/c1-11(2)15-7-6-14(9-12(15)3)19-23(20,21)17-10-13(18)5-8-16(17)22-4/h5-11,19H,1-4H3. The van der Waals surface area contributed by atoms with Crippen molar-refractivity contribution in [1.82, 2.24) is 0 Å². The molecular formula is C17H20ClNO3S. The van der Waals surface area contributed by atoms with E-state index in [-0.39, 0.29) is 10.6 Å². The first-order valence-corrected chi connectivity index (χ1v) is 9.07. The Balaban J connectivity index is 2.39. The minimum absolute atomic E-state index is 0.0121. The van der Waals surface area contributed by atoms with E-state index in [4.69, 9.17) is 16.3 Å². The molecule has 0 bridgehead atoms. The zero-order chi connectivity index (χ0) is 17.2. The first-order valence-electron chi connectivity index (χ1n) is 7.21. The molecule has 0 saturated heterocycles. The van der Waals surface area contributed by atoms with Gasteiger partial charge in [0.1, 0.15) is 10.6 Å². The monoisotopic (exact) mass is 353 g/mol. The average Bonchev–Trinajstić information content (AvgIpc) is 2.46. The molecule has 1 N–H and O–H groups in total. The summed E-state index contributed by atoms with van der Waals surface area (Å²) in [4.78, 5) is 0.0121. The highest BCUT2D eigenvalue weighted by Crippen LogP contribution is 2.29. The Kier molecular flexibility index (Phi) is 5.22. The summed E-state index contributed by atoms with van der Waals surface area (Å²) in [6, 6.07) is 10.0. The number of anilines is 1. The summed E-state index contributed by atoms with van der Waals surface area (Å²) >= 11 is 5.92. The van der Waals surface area contributed by atoms with Crippen molar-refractivity contribution in [3.8, 4) is 5.75 Å². The van der Waals surface area contributed by atoms with Gasteiger partial charge in [-0.3, -0.25) is 4.72 Å². The quantitative estimate of drug-likeness (QED) is 0.855. The van der Waals surface area contributed by atoms with Crippen LogP contribution in [0.2, 0.25) is 5.02 Å². The summed E-state index contributed by atoms with van der Waals surface area (Å²) in [5, 5.41) is 0.331. The number of aryl methyl sites for hydroxylation is 1. The lowest BCUT2D eigenvalue weighted by Gasteiger charge is -2.14. The van der Waals surface area contributed by atoms with Crippen LogP contribution in [0.4, 0.5) is 5.69 Å². The molecule has 0 unspecified atom stereocenters. The fourth-order valence-electron chi connectivity index (χ4n) is 2.46. The predicted molar refractivity (Wildman–Crippen MR) is 94.1 cm³/mol. The van der Waals surface area contributed by atoms with E-state index in [1.807, 2.05) is 19.1 Å². The normalized spacial score (nSPS) is 11.6. The Hall–Kier alpha value is -1.72. The Morgan fingerprint density at radius 1 is 1.13 bits per heavy atom. The molecule has 2 aromatic carbocycles. The van der Waals surface area contributed by atoms with Gasteiger partial charge in [-0.2, -0.15) is 0 Å². The number of nitrogens with one attached hydrogen (secondary N) is 1. The molecule has 0 aliphatic heterocycles. The third kappa shape index (κ3) is 3.98. The van der Waals surface area contributed by atoms with E-state index in [9.17, 15) is 8.42 Å². The SMILES string of the molecule is COc1ccc(Cl)cc1S(=O)(=O)Nc1ccc(C(C)C)c(C)c1. The number of ether oxygens (including phenoxy) is 1. The van der Waals surface area contributed by atoms with E-state index in [0.717, 1.165) is 5.56 Å². The van der Waals surface area contributed by atoms with Crippen molar-refractivity contribution in [2.45, 2.75) is 31.6 Å². The number of sulfonamides is 1. The smallest absolute Gasteiger partial charge is 0.265 e. The summed E-state index contributed by atoms with van der Waals surface area (Å²) in [6.07, 6.45) is 0. The average molecular weight is 354 g/mol. The second-order valence-corrected chi connectivity index (χ2v) is 7.71. The highest BCUT2D eigenvalue weighted by atomic mass is 35.5. The third-order valence-electron chi connectivity index (χ3n) is 3.56. The molecule has 0 aliphatic rings. The maximum atomic E-state index is 12.6. The first-order chi connectivity index (χ1) is 10.7. The van der Waals surface area contributed by atoms with Gasteiger partial charge < -0.3 is 4.74 Å². The third-order valence-corrected chi connectivity index (χ3v) is 5.20. The van der Waals surface area contributed by atoms with Gasteiger partial charge in [0.15, 0.2) is 0 Å². The zero-order valence-electron chi connectivity index (χ0n) is 13.6. The van der Waals surface area contributed by atoms with Crippen LogP contribution in [0, 0.1) is 6.92 Å². The number of hydrogen-bond donors (Lipinski definition) is 1. The highest BCUT2D eigenvalue weighted by molar-refractivity contribution is 7.92. The van der Waals surface area contributed by atoms with Crippen LogP contribution in [0.5, 0.6) is 5.75 Å². The molecule has 0 radical (unpaired) electrons. The van der Waals surface area contributed by atoms with Crippen molar-refractivity contribution in [1.29, 1.82) is 0 Å². The summed E-state index contributed by atoms with van der Waals surface area (Å²) in [5.41, 5.74) is 2.74. The van der Waals surface area contributed by atoms with Gasteiger partial charge in [0.25, 0.3) is 10.0 Å². The minimum atomic E-state index is -3.79. The zero-order valence-corrected chi connectivity index (χ0v) is 15.1. The maximum absolute atomic E-state index is 12.6. The lowest BCUT2D eigenvalue weighted by molar-refractivity contribution is 0.403. The molecule has 0 fully saturated rings. The van der Waals surface area contributed by atoms with E-state index < -0.39 is 10.0 Å². The van der Waals surface area contributed by atoms with E-state index in [1.165, 1.54) is 24.8 Å². The Morgan fingerprint density at radius 2 is 1.83 bits per heavy atom. The van der Waals surface area contributed by atoms with Gasteiger partial charge in [0.2, 0.25) is 0 Å². The summed E-state index contributed by atoms with van der Waals surface area (Å²) in [7, 11) is -2.37. The molecular weight excluding hydrogens is 334 g/mol. The topological polar surface area (TPSA) is 55.4 Å². The van der Waals surface area contributed by atoms with Gasteiger partial charge in [-0.1, -0.05) is 31.5 Å². The van der Waals surface area contributed by atoms with Crippen molar-refractivity contribution in [2.75, 3.05) is 11.8 Å². The van der Waals surface area contributed by atoms with Crippen LogP contribution in [0.25, 0.3) is 0 Å². The molecule has 0 aromatic heterocycles. The number of benzene rings is 2. The van der Waals surface area contributed by atoms with Crippen LogP contribution in [-0.4, -0.2) is 15.5 Å². The van der Waals surface area contributed by atoms with Crippen molar-refractivity contribution in [3.63, 3.8) is 0 Å². The van der Waals surface area contributed by atoms with Crippen LogP contribution in [0.1, 0.15) is 30.9 Å². The number of halogens is 1. The van der Waals surface area contributed by atoms with Gasteiger partial charge in [0, 0.05) is 10.7 Å². The van der Waals surface area contributed by atoms with Crippen LogP contribution in [0.3, 0.4) is 0 Å². The maximum Gasteiger partial charge on any atom is 0.265 e. The summed E-state index contributed by atoms with van der Waals surface area (Å²) in [5.74, 6) is 0.631. The molecule has 124 valence electrons. The Labute approximate surface area is 142 Å². The lowest BCUT2D eigenvalue weighted by atomic mass is 9.98. The second kappa shape index (κ2) is 6.81. The first kappa shape index (κ1) is 17.6. The Morgan fingerprint density at radius 3 is 2.39 bits per heavy atom. The largest absolute Gasteiger partial charge is 0.495 e. The number of hydrogen-bond acceptors (Lipinski definition) is 3. The molecule has 0 atom stereocenters. The van der Waals surface area contributed by atoms with Crippen LogP contribution in [0.15, 0.2) is 41.3 Å². The van der Waals surface area contributed by atoms with Crippen LogP contribution in [-0.2, 0) is 10.0 Å². The van der Waals surface area contributed by atoms with Crippen LogP contribution >= 0.6 is 11.6 Å². The van der Waals surface area contributed by atoms with E-state index in [0.29, 0.717) is 16.6 Å². The van der Waals surface area contributed by atoms with Crippen molar-refractivity contribution >= 4 is 27.3 Å². The van der Waals surface area contributed by atoms with Gasteiger partial charge in [-0.15, -0.1) is 0 Å². The molecule has 23 heavy (non-hydrogen) atoms. The van der Waals surface area contributed by atoms with Crippen molar-refractivity contribution < 1.29 is 13.2 Å². The van der Waals surface area contributed by atoms with Gasteiger partial charge >= 0.3 is 0 Å². The minimum Gasteiger partial charge on any atom is -0.495 e. The van der Waals surface area contributed by atoms with Gasteiger partial charge in [0.05, 0.1) is 7.11 Å². The summed E-state index contributed by atoms with van der Waals surface area (Å²) in [6.45, 7) is 6.17. The van der Waals surface area contributed by atoms with E-state index >= 15 is 0 Å². The molecule has 4 nitrogen and oxygen atoms in total. The number of methoxy groups -OCH3 is 1. The van der Waals surface area contributed by atoms with E-state index in [2.05, 4.69) is 18.6 Å². The van der Waals surface area contributed by atoms with Crippen molar-refractivity contribution in [2.24, 2.45) is 0 Å². The fraction of sp³-hybridized carbons (Fsp3) is 0.294. The van der Waals surface area contributed by atoms with Crippen molar-refractivity contribution in [3.05, 3.63) is 52.5 Å². The molecule has 0 saturated carbocycles. The summed E-state index contributed by atoms with van der Waals surface area (Å²) < 4.78 is 32.9. The fourth-order valence-corrected chi connectivity index (χ4v) is 3.94. The molecule has 6 heteroatoms. The van der Waals surface area contributed by atoms with Gasteiger partial charge in [-0.05, 0) is 54.3 Å². The molecule has 0 amide bonds. The molecule has 2 rings (SSSR count). The second-order valence-electron chi connectivity index (χ2n) is 5.63. The van der Waals surface area contributed by atoms with Crippen LogP contribution < -0.4 is 9.46 Å². The van der Waals surface area contributed by atoms with E-state index in [1.54, 1.807) is 12.1 Å². The highest BCUT2D eigenvalue weighted by Gasteiger charge is 2.20. The molecule has 0 spiro atoms. The number of rotatable bonds is 5. The predicted octanol–water partition coefficient (Wildman–Crippen LogP) is 4.58. The molecule has 0 heterocycles. The van der Waals surface area contributed by atoms with Gasteiger partial charge in [-0.25, -0.2) is 8.42 Å². The Bertz CT molecular complexity index is 817. The molecule has 2 aromatic rings.